The van der Waals surface area contributed by atoms with Gasteiger partial charge in [0.15, 0.2) is 0 Å². The Morgan fingerprint density at radius 2 is 1.78 bits per heavy atom. The van der Waals surface area contributed by atoms with Crippen molar-refractivity contribution >= 4 is 11.6 Å². The molecule has 1 aromatic heterocycles. The first kappa shape index (κ1) is 17.5. The van der Waals surface area contributed by atoms with Crippen molar-refractivity contribution in [1.29, 1.82) is 0 Å². The number of nitrogens with zero attached hydrogens (tertiary/aromatic N) is 2. The average Bonchev–Trinajstić information content (AvgIpc) is 3.43. The van der Waals surface area contributed by atoms with E-state index >= 15 is 0 Å². The highest BCUT2D eigenvalue weighted by molar-refractivity contribution is 5.96. The summed E-state index contributed by atoms with van der Waals surface area (Å²) in [7, 11) is 0. The van der Waals surface area contributed by atoms with Gasteiger partial charge in [0.2, 0.25) is 5.91 Å². The van der Waals surface area contributed by atoms with Gasteiger partial charge in [-0.3, -0.25) is 9.48 Å². The summed E-state index contributed by atoms with van der Waals surface area (Å²) in [6.07, 6.45) is 0.922. The number of nitrogens with one attached hydrogen (secondary N) is 1. The van der Waals surface area contributed by atoms with E-state index in [1.54, 1.807) is 0 Å². The fourth-order valence-corrected chi connectivity index (χ4v) is 3.67. The molecule has 1 aliphatic carbocycles. The minimum atomic E-state index is 0.0617. The summed E-state index contributed by atoms with van der Waals surface area (Å²) >= 11 is 0. The SMILES string of the molecule is Cc1ccc(Cn2nc(C)c(NC(=O)C3CC3c3ccccc3)c2C)cc1. The largest absolute Gasteiger partial charge is 0.323 e. The quantitative estimate of drug-likeness (QED) is 0.724. The first-order valence-corrected chi connectivity index (χ1v) is 9.48. The third-order valence-electron chi connectivity index (χ3n) is 5.44. The minimum absolute atomic E-state index is 0.0617. The van der Waals surface area contributed by atoms with Gasteiger partial charge in [-0.15, -0.1) is 0 Å². The molecule has 1 saturated carbocycles. The lowest BCUT2D eigenvalue weighted by Crippen LogP contribution is -2.16. The minimum Gasteiger partial charge on any atom is -0.323 e. The molecule has 4 rings (SSSR count). The van der Waals surface area contributed by atoms with Crippen molar-refractivity contribution in [2.75, 3.05) is 5.32 Å². The number of aryl methyl sites for hydroxylation is 2. The molecule has 4 heteroatoms. The van der Waals surface area contributed by atoms with E-state index in [1.165, 1.54) is 16.7 Å². The Hall–Kier alpha value is -2.88. The fourth-order valence-electron chi connectivity index (χ4n) is 3.67. The predicted molar refractivity (Wildman–Crippen MR) is 108 cm³/mol. The monoisotopic (exact) mass is 359 g/mol. The van der Waals surface area contributed by atoms with Gasteiger partial charge in [-0.1, -0.05) is 60.2 Å². The molecule has 4 nitrogen and oxygen atoms in total. The van der Waals surface area contributed by atoms with Crippen molar-refractivity contribution < 1.29 is 4.79 Å². The van der Waals surface area contributed by atoms with Crippen LogP contribution in [0.25, 0.3) is 0 Å². The van der Waals surface area contributed by atoms with Crippen molar-refractivity contribution in [2.45, 2.75) is 39.7 Å². The molecule has 0 spiro atoms. The van der Waals surface area contributed by atoms with E-state index < -0.39 is 0 Å². The lowest BCUT2D eigenvalue weighted by atomic mass is 10.1. The molecule has 0 saturated heterocycles. The molecular formula is C23H25N3O. The number of amides is 1. The van der Waals surface area contributed by atoms with Gasteiger partial charge in [-0.25, -0.2) is 0 Å². The molecule has 1 heterocycles. The van der Waals surface area contributed by atoms with Crippen LogP contribution in [0.5, 0.6) is 0 Å². The molecule has 2 unspecified atom stereocenters. The molecule has 2 aromatic carbocycles. The van der Waals surface area contributed by atoms with Crippen LogP contribution >= 0.6 is 0 Å². The van der Waals surface area contributed by atoms with E-state index in [4.69, 9.17) is 0 Å². The van der Waals surface area contributed by atoms with Crippen molar-refractivity contribution in [3.8, 4) is 0 Å². The van der Waals surface area contributed by atoms with Gasteiger partial charge in [0, 0.05) is 5.92 Å². The third-order valence-corrected chi connectivity index (χ3v) is 5.44. The van der Waals surface area contributed by atoms with Gasteiger partial charge in [-0.2, -0.15) is 5.10 Å². The van der Waals surface area contributed by atoms with Crippen LogP contribution in [-0.4, -0.2) is 15.7 Å². The number of carbonyl (C=O) groups is 1. The standard InChI is InChI=1S/C23H25N3O/c1-15-9-11-18(12-10-15)14-26-17(3)22(16(2)25-26)24-23(27)21-13-20(21)19-7-5-4-6-8-19/h4-12,20-21H,13-14H2,1-3H3,(H,24,27). The Morgan fingerprint density at radius 1 is 1.07 bits per heavy atom. The first-order chi connectivity index (χ1) is 13.0. The molecule has 0 aliphatic heterocycles. The molecule has 1 amide bonds. The number of aromatic nitrogens is 2. The summed E-state index contributed by atoms with van der Waals surface area (Å²) in [5.74, 6) is 0.506. The molecular weight excluding hydrogens is 334 g/mol. The van der Waals surface area contributed by atoms with Gasteiger partial charge < -0.3 is 5.32 Å². The highest BCUT2D eigenvalue weighted by Crippen LogP contribution is 2.48. The van der Waals surface area contributed by atoms with Gasteiger partial charge in [0.1, 0.15) is 0 Å². The molecule has 1 fully saturated rings. The van der Waals surface area contributed by atoms with Gasteiger partial charge in [0.05, 0.1) is 23.6 Å². The summed E-state index contributed by atoms with van der Waals surface area (Å²) in [5.41, 5.74) is 6.42. The highest BCUT2D eigenvalue weighted by Gasteiger charge is 2.44. The number of carbonyl (C=O) groups excluding carboxylic acids is 1. The van der Waals surface area contributed by atoms with Crippen LogP contribution < -0.4 is 5.32 Å². The van der Waals surface area contributed by atoms with Crippen LogP contribution in [0.2, 0.25) is 0 Å². The third kappa shape index (κ3) is 3.65. The molecule has 0 radical (unpaired) electrons. The number of hydrogen-bond acceptors (Lipinski definition) is 2. The first-order valence-electron chi connectivity index (χ1n) is 9.48. The zero-order valence-corrected chi connectivity index (χ0v) is 16.1. The van der Waals surface area contributed by atoms with Crippen molar-refractivity contribution in [1.82, 2.24) is 9.78 Å². The maximum Gasteiger partial charge on any atom is 0.228 e. The maximum absolute atomic E-state index is 12.7. The summed E-state index contributed by atoms with van der Waals surface area (Å²) in [6.45, 7) is 6.77. The molecule has 138 valence electrons. The Bertz CT molecular complexity index is 957. The van der Waals surface area contributed by atoms with Crippen LogP contribution in [0.3, 0.4) is 0 Å². The number of rotatable bonds is 5. The van der Waals surface area contributed by atoms with Gasteiger partial charge in [-0.05, 0) is 44.2 Å². The summed E-state index contributed by atoms with van der Waals surface area (Å²) in [4.78, 5) is 12.7. The van der Waals surface area contributed by atoms with Crippen LogP contribution in [0.15, 0.2) is 54.6 Å². The molecule has 3 aromatic rings. The van der Waals surface area contributed by atoms with Crippen LogP contribution in [0, 0.1) is 26.7 Å². The van der Waals surface area contributed by atoms with E-state index in [1.807, 2.05) is 36.7 Å². The Morgan fingerprint density at radius 3 is 2.48 bits per heavy atom. The highest BCUT2D eigenvalue weighted by atomic mass is 16.2. The van der Waals surface area contributed by atoms with Gasteiger partial charge in [0.25, 0.3) is 0 Å². The Balaban J connectivity index is 1.46. The van der Waals surface area contributed by atoms with Crippen LogP contribution in [0.1, 0.15) is 40.4 Å². The summed E-state index contributed by atoms with van der Waals surface area (Å²) in [5, 5.41) is 7.77. The lowest BCUT2D eigenvalue weighted by Gasteiger charge is -2.08. The topological polar surface area (TPSA) is 46.9 Å². The molecule has 1 aliphatic rings. The van der Waals surface area contributed by atoms with Gasteiger partial charge >= 0.3 is 0 Å². The Labute approximate surface area is 160 Å². The van der Waals surface area contributed by atoms with E-state index in [0.717, 1.165) is 23.5 Å². The number of anilines is 1. The Kier molecular flexibility index (Phi) is 4.56. The van der Waals surface area contributed by atoms with E-state index in [-0.39, 0.29) is 11.8 Å². The normalized spacial score (nSPS) is 18.3. The second kappa shape index (κ2) is 7.03. The number of benzene rings is 2. The van der Waals surface area contributed by atoms with E-state index in [2.05, 4.69) is 53.7 Å². The number of hydrogen-bond donors (Lipinski definition) is 1. The van der Waals surface area contributed by atoms with Crippen LogP contribution in [-0.2, 0) is 11.3 Å². The van der Waals surface area contributed by atoms with Crippen molar-refractivity contribution in [2.24, 2.45) is 5.92 Å². The average molecular weight is 359 g/mol. The second-order valence-corrected chi connectivity index (χ2v) is 7.54. The zero-order chi connectivity index (χ0) is 19.0. The lowest BCUT2D eigenvalue weighted by molar-refractivity contribution is -0.117. The van der Waals surface area contributed by atoms with Crippen LogP contribution in [0.4, 0.5) is 5.69 Å². The molecule has 0 bridgehead atoms. The van der Waals surface area contributed by atoms with Crippen molar-refractivity contribution in [3.63, 3.8) is 0 Å². The predicted octanol–water partition coefficient (Wildman–Crippen LogP) is 4.60. The maximum atomic E-state index is 12.7. The fraction of sp³-hybridized carbons (Fsp3) is 0.304. The summed E-state index contributed by atoms with van der Waals surface area (Å²) < 4.78 is 1.97. The van der Waals surface area contributed by atoms with E-state index in [0.29, 0.717) is 12.5 Å². The van der Waals surface area contributed by atoms with Crippen molar-refractivity contribution in [3.05, 3.63) is 82.7 Å². The molecule has 1 N–H and O–H groups in total. The molecule has 2 atom stereocenters. The molecule has 27 heavy (non-hydrogen) atoms. The second-order valence-electron chi connectivity index (χ2n) is 7.54. The summed E-state index contributed by atoms with van der Waals surface area (Å²) in [6, 6.07) is 18.8. The zero-order valence-electron chi connectivity index (χ0n) is 16.1. The smallest absolute Gasteiger partial charge is 0.228 e. The van der Waals surface area contributed by atoms with E-state index in [9.17, 15) is 4.79 Å².